The first-order valence-electron chi connectivity index (χ1n) is 12.0. The summed E-state index contributed by atoms with van der Waals surface area (Å²) in [5, 5.41) is 5.69. The van der Waals surface area contributed by atoms with Crippen molar-refractivity contribution < 1.29 is 13.2 Å². The molecule has 0 fully saturated rings. The van der Waals surface area contributed by atoms with Gasteiger partial charge in [-0.1, -0.05) is 62.0 Å². The maximum atomic E-state index is 13.4. The van der Waals surface area contributed by atoms with Gasteiger partial charge in [0.05, 0.1) is 16.0 Å². The number of thiophene rings is 1. The second-order valence-corrected chi connectivity index (χ2v) is 12.0. The van der Waals surface area contributed by atoms with Crippen molar-refractivity contribution in [3.8, 4) is 11.1 Å². The zero-order valence-electron chi connectivity index (χ0n) is 21.1. The first-order valence-corrected chi connectivity index (χ1v) is 15.3. The number of hydrogen-bond donors (Lipinski definition) is 1. The average molecular weight is 569 g/mol. The summed E-state index contributed by atoms with van der Waals surface area (Å²) in [5.74, 6) is -0.282. The summed E-state index contributed by atoms with van der Waals surface area (Å²) in [6.07, 6.45) is 1.63. The number of nitrogens with one attached hydrogen (secondary N) is 1. The van der Waals surface area contributed by atoms with Crippen LogP contribution in [-0.4, -0.2) is 47.0 Å². The Bertz CT molecular complexity index is 1610. The Morgan fingerprint density at radius 3 is 2.45 bits per heavy atom. The van der Waals surface area contributed by atoms with Crippen molar-refractivity contribution in [2.75, 3.05) is 24.2 Å². The molecule has 0 spiro atoms. The van der Waals surface area contributed by atoms with Gasteiger partial charge in [-0.05, 0) is 29.8 Å². The third-order valence-electron chi connectivity index (χ3n) is 5.87. The van der Waals surface area contributed by atoms with Gasteiger partial charge in [-0.25, -0.2) is 13.4 Å². The Kier molecular flexibility index (Phi) is 8.83. The molecule has 2 aromatic carbocycles. The number of hydrogen-bond acceptors (Lipinski definition) is 7. The molecule has 8 nitrogen and oxygen atoms in total. The van der Waals surface area contributed by atoms with Gasteiger partial charge >= 0.3 is 0 Å². The molecule has 0 saturated heterocycles. The summed E-state index contributed by atoms with van der Waals surface area (Å²) in [7, 11) is -3.57. The van der Waals surface area contributed by atoms with Crippen molar-refractivity contribution in [1.82, 2.24) is 13.9 Å². The zero-order chi connectivity index (χ0) is 27.3. The number of aromatic nitrogens is 2. The monoisotopic (exact) mass is 568 g/mol. The number of anilines is 1. The number of carbonyl (C=O) groups excluding carboxylic acids is 1. The van der Waals surface area contributed by atoms with E-state index in [1.807, 2.05) is 35.7 Å². The fourth-order valence-corrected chi connectivity index (χ4v) is 7.24. The molecule has 0 radical (unpaired) electrons. The summed E-state index contributed by atoms with van der Waals surface area (Å²) in [5.41, 5.74) is 2.08. The van der Waals surface area contributed by atoms with Gasteiger partial charge in [0.2, 0.25) is 15.9 Å². The van der Waals surface area contributed by atoms with Gasteiger partial charge < -0.3 is 5.32 Å². The largest absolute Gasteiger partial charge is 0.325 e. The normalized spacial score (nSPS) is 11.7. The lowest BCUT2D eigenvalue weighted by Gasteiger charge is -2.18. The number of thioether (sulfide) groups is 1. The minimum atomic E-state index is -3.57. The van der Waals surface area contributed by atoms with Crippen LogP contribution in [0.4, 0.5) is 5.69 Å². The highest BCUT2D eigenvalue weighted by Gasteiger charge is 2.21. The molecule has 0 bridgehead atoms. The Morgan fingerprint density at radius 2 is 1.82 bits per heavy atom. The van der Waals surface area contributed by atoms with Gasteiger partial charge in [-0.2, -0.15) is 4.31 Å². The van der Waals surface area contributed by atoms with Crippen LogP contribution in [0.25, 0.3) is 21.3 Å². The van der Waals surface area contributed by atoms with Crippen LogP contribution in [-0.2, 0) is 21.4 Å². The van der Waals surface area contributed by atoms with E-state index in [1.165, 1.54) is 32.3 Å². The molecule has 0 aliphatic heterocycles. The lowest BCUT2D eigenvalue weighted by Crippen LogP contribution is -2.30. The fourth-order valence-electron chi connectivity index (χ4n) is 3.99. The van der Waals surface area contributed by atoms with E-state index >= 15 is 0 Å². The van der Waals surface area contributed by atoms with Crippen molar-refractivity contribution >= 4 is 54.9 Å². The van der Waals surface area contributed by atoms with Crippen LogP contribution in [0.2, 0.25) is 0 Å². The van der Waals surface area contributed by atoms with Crippen molar-refractivity contribution in [3.05, 3.63) is 83.0 Å². The molecule has 38 heavy (non-hydrogen) atoms. The van der Waals surface area contributed by atoms with Crippen LogP contribution in [0.3, 0.4) is 0 Å². The van der Waals surface area contributed by atoms with Gasteiger partial charge in [0, 0.05) is 36.3 Å². The van der Waals surface area contributed by atoms with E-state index in [-0.39, 0.29) is 28.7 Å². The Labute approximate surface area is 230 Å². The third kappa shape index (κ3) is 5.75. The topological polar surface area (TPSA) is 101 Å². The highest BCUT2D eigenvalue weighted by atomic mass is 32.2. The standard InChI is InChI=1S/C27H28N4O4S3/c1-4-16-31-26(33)24-22(19-10-8-7-9-11-19)17-36-25(24)29-27(31)37-18-23(32)28-20-12-14-21(15-13-20)38(34,35)30(5-2)6-3/h4,7-15,17H,1,5-6,16,18H2,2-3H3,(H,28,32). The SMILES string of the molecule is C=CCn1c(SCC(=O)Nc2ccc(S(=O)(=O)N(CC)CC)cc2)nc2scc(-c3ccccc3)c2c1=O. The van der Waals surface area contributed by atoms with Crippen molar-refractivity contribution in [3.63, 3.8) is 0 Å². The van der Waals surface area contributed by atoms with Crippen LogP contribution in [0.1, 0.15) is 13.8 Å². The van der Waals surface area contributed by atoms with Crippen LogP contribution < -0.4 is 10.9 Å². The molecule has 2 heterocycles. The molecule has 4 aromatic rings. The predicted molar refractivity (Wildman–Crippen MR) is 155 cm³/mol. The molecule has 4 rings (SSSR count). The quantitative estimate of drug-likeness (QED) is 0.154. The minimum Gasteiger partial charge on any atom is -0.325 e. The predicted octanol–water partition coefficient (Wildman–Crippen LogP) is 5.07. The first kappa shape index (κ1) is 27.8. The first-order chi connectivity index (χ1) is 18.3. The smallest absolute Gasteiger partial charge is 0.263 e. The summed E-state index contributed by atoms with van der Waals surface area (Å²) < 4.78 is 28.2. The van der Waals surface area contributed by atoms with E-state index in [4.69, 9.17) is 4.98 Å². The van der Waals surface area contributed by atoms with Gasteiger partial charge in [-0.15, -0.1) is 17.9 Å². The lowest BCUT2D eigenvalue weighted by molar-refractivity contribution is -0.113. The molecule has 0 saturated carbocycles. The number of amides is 1. The summed E-state index contributed by atoms with van der Waals surface area (Å²) in [6.45, 7) is 8.36. The van der Waals surface area contributed by atoms with Gasteiger partial charge in [0.25, 0.3) is 5.56 Å². The van der Waals surface area contributed by atoms with Crippen molar-refractivity contribution in [2.45, 2.75) is 30.4 Å². The molecular weight excluding hydrogens is 541 g/mol. The molecule has 1 amide bonds. The number of nitrogens with zero attached hydrogens (tertiary/aromatic N) is 3. The van der Waals surface area contributed by atoms with Crippen LogP contribution in [0.5, 0.6) is 0 Å². The van der Waals surface area contributed by atoms with E-state index in [0.29, 0.717) is 34.1 Å². The highest BCUT2D eigenvalue weighted by Crippen LogP contribution is 2.32. The van der Waals surface area contributed by atoms with Gasteiger partial charge in [-0.3, -0.25) is 14.2 Å². The van der Waals surface area contributed by atoms with Crippen LogP contribution >= 0.6 is 23.1 Å². The Hall–Kier alpha value is -3.25. The Balaban J connectivity index is 1.51. The number of sulfonamides is 1. The number of fused-ring (bicyclic) bond motifs is 1. The van der Waals surface area contributed by atoms with Crippen molar-refractivity contribution in [1.29, 1.82) is 0 Å². The second kappa shape index (κ2) is 12.1. The van der Waals surface area contributed by atoms with E-state index in [9.17, 15) is 18.0 Å². The minimum absolute atomic E-state index is 0.0193. The number of carbonyl (C=O) groups is 1. The van der Waals surface area contributed by atoms with E-state index in [2.05, 4.69) is 11.9 Å². The maximum Gasteiger partial charge on any atom is 0.263 e. The molecular formula is C27H28N4O4S3. The molecule has 0 aliphatic rings. The molecule has 2 aromatic heterocycles. The van der Waals surface area contributed by atoms with E-state index < -0.39 is 10.0 Å². The molecule has 1 N–H and O–H groups in total. The summed E-state index contributed by atoms with van der Waals surface area (Å²) in [6, 6.07) is 15.8. The van der Waals surface area contributed by atoms with E-state index in [0.717, 1.165) is 22.9 Å². The molecule has 0 atom stereocenters. The summed E-state index contributed by atoms with van der Waals surface area (Å²) >= 11 is 2.55. The second-order valence-electron chi connectivity index (χ2n) is 8.24. The van der Waals surface area contributed by atoms with Crippen LogP contribution in [0, 0.1) is 0 Å². The highest BCUT2D eigenvalue weighted by molar-refractivity contribution is 7.99. The van der Waals surface area contributed by atoms with Gasteiger partial charge in [0.1, 0.15) is 4.83 Å². The molecule has 198 valence electrons. The molecule has 11 heteroatoms. The van der Waals surface area contributed by atoms with Crippen LogP contribution in [0.15, 0.2) is 87.5 Å². The van der Waals surface area contributed by atoms with Gasteiger partial charge in [0.15, 0.2) is 5.16 Å². The molecule has 0 unspecified atom stereocenters. The third-order valence-corrected chi connectivity index (χ3v) is 9.78. The number of allylic oxidation sites excluding steroid dienone is 1. The maximum absolute atomic E-state index is 13.4. The zero-order valence-corrected chi connectivity index (χ0v) is 23.5. The molecule has 0 aliphatic carbocycles. The van der Waals surface area contributed by atoms with Crippen molar-refractivity contribution in [2.24, 2.45) is 0 Å². The fraction of sp³-hybridized carbons (Fsp3) is 0.222. The van der Waals surface area contributed by atoms with E-state index in [1.54, 1.807) is 32.1 Å². The average Bonchev–Trinajstić information content (AvgIpc) is 3.35. The summed E-state index contributed by atoms with van der Waals surface area (Å²) in [4.78, 5) is 31.6. The number of benzene rings is 2. The number of rotatable bonds is 11. The lowest BCUT2D eigenvalue weighted by atomic mass is 10.1. The Morgan fingerprint density at radius 1 is 1.13 bits per heavy atom.